The molecule has 6 nitrogen and oxygen atoms in total. The summed E-state index contributed by atoms with van der Waals surface area (Å²) in [6.45, 7) is 10.0. The van der Waals surface area contributed by atoms with Gasteiger partial charge in [0.1, 0.15) is 0 Å². The van der Waals surface area contributed by atoms with E-state index in [1.165, 1.54) is 11.1 Å². The van der Waals surface area contributed by atoms with E-state index in [2.05, 4.69) is 41.5 Å². The van der Waals surface area contributed by atoms with Crippen molar-refractivity contribution in [2.75, 3.05) is 27.3 Å². The van der Waals surface area contributed by atoms with Gasteiger partial charge in [-0.15, -0.1) is 0 Å². The van der Waals surface area contributed by atoms with E-state index < -0.39 is 0 Å². The molecule has 0 saturated carbocycles. The first-order chi connectivity index (χ1) is 11.9. The Hall–Kier alpha value is -1.95. The van der Waals surface area contributed by atoms with Crippen LogP contribution in [0.25, 0.3) is 0 Å². The minimum atomic E-state index is -0.133. The maximum absolute atomic E-state index is 12.2. The fourth-order valence-corrected chi connectivity index (χ4v) is 3.56. The topological polar surface area (TPSA) is 62.8 Å². The van der Waals surface area contributed by atoms with E-state index >= 15 is 0 Å². The molecule has 2 atom stereocenters. The van der Waals surface area contributed by atoms with E-state index in [4.69, 9.17) is 9.47 Å². The van der Waals surface area contributed by atoms with Crippen molar-refractivity contribution in [1.29, 1.82) is 0 Å². The molecule has 0 bridgehead atoms. The molecule has 2 N–H and O–H groups in total. The molecule has 0 aromatic heterocycles. The van der Waals surface area contributed by atoms with Gasteiger partial charge in [-0.3, -0.25) is 4.90 Å². The molecule has 0 radical (unpaired) electrons. The number of amides is 2. The minimum Gasteiger partial charge on any atom is -0.493 e. The predicted molar refractivity (Wildman–Crippen MR) is 99.5 cm³/mol. The third kappa shape index (κ3) is 4.37. The van der Waals surface area contributed by atoms with Gasteiger partial charge in [0.25, 0.3) is 0 Å². The maximum atomic E-state index is 12.2. The van der Waals surface area contributed by atoms with Crippen LogP contribution in [0, 0.1) is 0 Å². The summed E-state index contributed by atoms with van der Waals surface area (Å²) in [6.07, 6.45) is 0.963. The zero-order valence-corrected chi connectivity index (χ0v) is 16.2. The third-order valence-electron chi connectivity index (χ3n) is 4.68. The standard InChI is InChI=1S/C19H31N3O3/c1-7-22-9-8-14-10-16(24-5)17(25-6)11-15(14)18(22)13(4)21-19(23)20-12(2)3/h10-13,18H,7-9H2,1-6H3,(H2,20,21,23)/t13-,18-/m1/s1. The fraction of sp³-hybridized carbons (Fsp3) is 0.632. The second-order valence-corrected chi connectivity index (χ2v) is 6.79. The molecule has 0 aliphatic carbocycles. The lowest BCUT2D eigenvalue weighted by molar-refractivity contribution is 0.158. The number of nitrogens with one attached hydrogen (secondary N) is 2. The first-order valence-corrected chi connectivity index (χ1v) is 8.97. The number of nitrogens with zero attached hydrogens (tertiary/aromatic N) is 1. The Balaban J connectivity index is 2.33. The molecule has 1 aliphatic heterocycles. The van der Waals surface area contributed by atoms with Crippen LogP contribution in [0.4, 0.5) is 4.79 Å². The smallest absolute Gasteiger partial charge is 0.315 e. The first-order valence-electron chi connectivity index (χ1n) is 8.97. The van der Waals surface area contributed by atoms with Crippen LogP contribution in [0.2, 0.25) is 0 Å². The number of urea groups is 1. The van der Waals surface area contributed by atoms with Gasteiger partial charge in [-0.1, -0.05) is 6.92 Å². The van der Waals surface area contributed by atoms with Crippen LogP contribution >= 0.6 is 0 Å². The number of ether oxygens (including phenoxy) is 2. The molecule has 2 rings (SSSR count). The highest BCUT2D eigenvalue weighted by Gasteiger charge is 2.32. The average Bonchev–Trinajstić information content (AvgIpc) is 2.58. The highest BCUT2D eigenvalue weighted by molar-refractivity contribution is 5.74. The largest absolute Gasteiger partial charge is 0.493 e. The predicted octanol–water partition coefficient (Wildman–Crippen LogP) is 2.72. The summed E-state index contributed by atoms with van der Waals surface area (Å²) in [4.78, 5) is 14.5. The van der Waals surface area contributed by atoms with Crippen molar-refractivity contribution >= 4 is 6.03 Å². The number of rotatable bonds is 6. The molecule has 0 saturated heterocycles. The monoisotopic (exact) mass is 349 g/mol. The highest BCUT2D eigenvalue weighted by Crippen LogP contribution is 2.39. The lowest BCUT2D eigenvalue weighted by Gasteiger charge is -2.40. The SMILES string of the molecule is CCN1CCc2cc(OC)c(OC)cc2[C@H]1[C@@H](C)NC(=O)NC(C)C. The molecule has 1 aliphatic rings. The number of likely N-dealkylation sites (N-methyl/N-ethyl adjacent to an activating group) is 1. The van der Waals surface area contributed by atoms with Crippen molar-refractivity contribution < 1.29 is 14.3 Å². The van der Waals surface area contributed by atoms with Gasteiger partial charge in [0.15, 0.2) is 11.5 Å². The Morgan fingerprint density at radius 2 is 1.84 bits per heavy atom. The third-order valence-corrected chi connectivity index (χ3v) is 4.68. The molecule has 1 heterocycles. The number of carbonyl (C=O) groups is 1. The molecule has 1 aromatic carbocycles. The van der Waals surface area contributed by atoms with Gasteiger partial charge < -0.3 is 20.1 Å². The van der Waals surface area contributed by atoms with Gasteiger partial charge in [0, 0.05) is 18.6 Å². The van der Waals surface area contributed by atoms with Gasteiger partial charge >= 0.3 is 6.03 Å². The molecular formula is C19H31N3O3. The Morgan fingerprint density at radius 1 is 1.20 bits per heavy atom. The van der Waals surface area contributed by atoms with Crippen molar-refractivity contribution in [3.05, 3.63) is 23.3 Å². The zero-order valence-electron chi connectivity index (χ0n) is 16.2. The number of hydrogen-bond acceptors (Lipinski definition) is 4. The molecule has 2 amide bonds. The van der Waals surface area contributed by atoms with Crippen molar-refractivity contribution in [3.63, 3.8) is 0 Å². The fourth-order valence-electron chi connectivity index (χ4n) is 3.56. The van der Waals surface area contributed by atoms with Crippen molar-refractivity contribution in [2.24, 2.45) is 0 Å². The summed E-state index contributed by atoms with van der Waals surface area (Å²) in [5.74, 6) is 1.48. The Kier molecular flexibility index (Phi) is 6.53. The second-order valence-electron chi connectivity index (χ2n) is 6.79. The van der Waals surface area contributed by atoms with Gasteiger partial charge in [-0.2, -0.15) is 0 Å². The van der Waals surface area contributed by atoms with E-state index in [0.717, 1.165) is 31.0 Å². The summed E-state index contributed by atoms with van der Waals surface area (Å²) in [7, 11) is 3.31. The molecule has 140 valence electrons. The van der Waals surface area contributed by atoms with E-state index in [1.54, 1.807) is 14.2 Å². The van der Waals surface area contributed by atoms with Crippen molar-refractivity contribution in [1.82, 2.24) is 15.5 Å². The maximum Gasteiger partial charge on any atom is 0.315 e. The number of fused-ring (bicyclic) bond motifs is 1. The summed E-state index contributed by atoms with van der Waals surface area (Å²) >= 11 is 0. The number of methoxy groups -OCH3 is 2. The molecule has 0 spiro atoms. The van der Waals surface area contributed by atoms with E-state index in [-0.39, 0.29) is 24.2 Å². The number of hydrogen-bond donors (Lipinski definition) is 2. The van der Waals surface area contributed by atoms with Gasteiger partial charge in [0.2, 0.25) is 0 Å². The van der Waals surface area contributed by atoms with Gasteiger partial charge in [-0.05, 0) is 57.0 Å². The normalized spacial score (nSPS) is 18.4. The Morgan fingerprint density at radius 3 is 2.40 bits per heavy atom. The molecule has 6 heteroatoms. The molecule has 0 unspecified atom stereocenters. The minimum absolute atomic E-state index is 0.0316. The van der Waals surface area contributed by atoms with Crippen LogP contribution in [0.15, 0.2) is 12.1 Å². The van der Waals surface area contributed by atoms with Gasteiger partial charge in [0.05, 0.1) is 20.3 Å². The van der Waals surface area contributed by atoms with E-state index in [0.29, 0.717) is 0 Å². The van der Waals surface area contributed by atoms with Crippen LogP contribution < -0.4 is 20.1 Å². The lowest BCUT2D eigenvalue weighted by Crippen LogP contribution is -2.51. The highest BCUT2D eigenvalue weighted by atomic mass is 16.5. The number of benzene rings is 1. The van der Waals surface area contributed by atoms with Crippen LogP contribution in [0.3, 0.4) is 0 Å². The van der Waals surface area contributed by atoms with Crippen molar-refractivity contribution in [3.8, 4) is 11.5 Å². The van der Waals surface area contributed by atoms with E-state index in [9.17, 15) is 4.79 Å². The molecule has 25 heavy (non-hydrogen) atoms. The zero-order chi connectivity index (χ0) is 18.6. The van der Waals surface area contributed by atoms with Gasteiger partial charge in [-0.25, -0.2) is 4.79 Å². The second kappa shape index (κ2) is 8.43. The summed E-state index contributed by atoms with van der Waals surface area (Å²) in [6, 6.07) is 4.17. The Labute approximate surface area is 150 Å². The van der Waals surface area contributed by atoms with Crippen LogP contribution in [0.5, 0.6) is 11.5 Å². The molecule has 0 fully saturated rings. The average molecular weight is 349 g/mol. The first kappa shape index (κ1) is 19.4. The summed E-state index contributed by atoms with van der Waals surface area (Å²) in [5.41, 5.74) is 2.45. The van der Waals surface area contributed by atoms with Crippen LogP contribution in [0.1, 0.15) is 44.9 Å². The van der Waals surface area contributed by atoms with Crippen LogP contribution in [-0.4, -0.2) is 50.3 Å². The number of carbonyl (C=O) groups excluding carboxylic acids is 1. The summed E-state index contributed by atoms with van der Waals surface area (Å²) < 4.78 is 10.9. The Bertz CT molecular complexity index is 604. The lowest BCUT2D eigenvalue weighted by atomic mass is 9.88. The summed E-state index contributed by atoms with van der Waals surface area (Å²) in [5, 5.41) is 5.99. The molecular weight excluding hydrogens is 318 g/mol. The van der Waals surface area contributed by atoms with E-state index in [1.807, 2.05) is 13.8 Å². The quantitative estimate of drug-likeness (QED) is 0.829. The van der Waals surface area contributed by atoms with Crippen LogP contribution in [-0.2, 0) is 6.42 Å². The van der Waals surface area contributed by atoms with Crippen molar-refractivity contribution in [2.45, 2.75) is 52.2 Å². The molecule has 1 aromatic rings.